The van der Waals surface area contributed by atoms with Gasteiger partial charge < -0.3 is 14.8 Å². The Morgan fingerprint density at radius 2 is 2.11 bits per heavy atom. The Morgan fingerprint density at radius 3 is 2.78 bits per heavy atom. The fourth-order valence-corrected chi connectivity index (χ4v) is 2.17. The first-order valence-corrected chi connectivity index (χ1v) is 6.76. The maximum absolute atomic E-state index is 5.51. The van der Waals surface area contributed by atoms with Gasteiger partial charge in [-0.15, -0.1) is 0 Å². The molecule has 18 heavy (non-hydrogen) atoms. The van der Waals surface area contributed by atoms with Crippen LogP contribution >= 0.6 is 0 Å². The van der Waals surface area contributed by atoms with E-state index in [1.54, 1.807) is 7.11 Å². The largest absolute Gasteiger partial charge is 0.383 e. The average Bonchev–Trinajstić information content (AvgIpc) is 3.21. The SMILES string of the molecule is CCOCc1ccccc1NC(COC)C1CC1. The Labute approximate surface area is 109 Å². The van der Waals surface area contributed by atoms with Crippen LogP contribution in [0.1, 0.15) is 25.3 Å². The normalized spacial score (nSPS) is 16.6. The lowest BCUT2D eigenvalue weighted by atomic mass is 10.1. The van der Waals surface area contributed by atoms with Crippen molar-refractivity contribution in [1.29, 1.82) is 0 Å². The van der Waals surface area contributed by atoms with Crippen LogP contribution in [0.15, 0.2) is 24.3 Å². The lowest BCUT2D eigenvalue weighted by Gasteiger charge is -2.20. The number of methoxy groups -OCH3 is 1. The lowest BCUT2D eigenvalue weighted by Crippen LogP contribution is -2.27. The smallest absolute Gasteiger partial charge is 0.0736 e. The third-order valence-electron chi connectivity index (χ3n) is 3.36. The highest BCUT2D eigenvalue weighted by Crippen LogP contribution is 2.34. The molecule has 3 nitrogen and oxygen atoms in total. The standard InChI is InChI=1S/C15H23NO2/c1-3-18-10-13-6-4-5-7-14(13)16-15(11-17-2)12-8-9-12/h4-7,12,15-16H,3,8-11H2,1-2H3. The van der Waals surface area contributed by atoms with Crippen LogP contribution in [-0.2, 0) is 16.1 Å². The zero-order valence-electron chi connectivity index (χ0n) is 11.3. The van der Waals surface area contributed by atoms with E-state index in [2.05, 4.69) is 29.6 Å². The van der Waals surface area contributed by atoms with Gasteiger partial charge in [0.2, 0.25) is 0 Å². The van der Waals surface area contributed by atoms with Crippen molar-refractivity contribution in [1.82, 2.24) is 0 Å². The van der Waals surface area contributed by atoms with Crippen LogP contribution in [0.4, 0.5) is 5.69 Å². The minimum absolute atomic E-state index is 0.428. The molecule has 0 aliphatic heterocycles. The van der Waals surface area contributed by atoms with Crippen molar-refractivity contribution in [3.05, 3.63) is 29.8 Å². The summed E-state index contributed by atoms with van der Waals surface area (Å²) in [6.45, 7) is 4.21. The van der Waals surface area contributed by atoms with Gasteiger partial charge in [0.1, 0.15) is 0 Å². The Hall–Kier alpha value is -1.06. The number of hydrogen-bond donors (Lipinski definition) is 1. The zero-order valence-corrected chi connectivity index (χ0v) is 11.3. The quantitative estimate of drug-likeness (QED) is 0.768. The maximum atomic E-state index is 5.51. The molecule has 1 unspecified atom stereocenters. The van der Waals surface area contributed by atoms with Crippen molar-refractivity contribution >= 4 is 5.69 Å². The molecule has 1 atom stereocenters. The summed E-state index contributed by atoms with van der Waals surface area (Å²) in [5, 5.41) is 3.61. The van der Waals surface area contributed by atoms with E-state index in [0.29, 0.717) is 12.6 Å². The first kappa shape index (κ1) is 13.4. The van der Waals surface area contributed by atoms with Gasteiger partial charge in [-0.05, 0) is 31.7 Å². The molecule has 2 rings (SSSR count). The maximum Gasteiger partial charge on any atom is 0.0736 e. The van der Waals surface area contributed by atoms with E-state index in [-0.39, 0.29) is 0 Å². The zero-order chi connectivity index (χ0) is 12.8. The van der Waals surface area contributed by atoms with Crippen molar-refractivity contribution < 1.29 is 9.47 Å². The topological polar surface area (TPSA) is 30.5 Å². The molecule has 1 fully saturated rings. The minimum atomic E-state index is 0.428. The third-order valence-corrected chi connectivity index (χ3v) is 3.36. The van der Waals surface area contributed by atoms with Crippen molar-refractivity contribution in [3.63, 3.8) is 0 Å². The molecular weight excluding hydrogens is 226 g/mol. The van der Waals surface area contributed by atoms with Crippen LogP contribution in [0, 0.1) is 5.92 Å². The highest BCUT2D eigenvalue weighted by Gasteiger charge is 2.31. The Morgan fingerprint density at radius 1 is 1.33 bits per heavy atom. The summed E-state index contributed by atoms with van der Waals surface area (Å²) in [6, 6.07) is 8.79. The summed E-state index contributed by atoms with van der Waals surface area (Å²) in [7, 11) is 1.77. The molecular formula is C15H23NO2. The molecule has 0 spiro atoms. The van der Waals surface area contributed by atoms with Gasteiger partial charge in [0.05, 0.1) is 19.3 Å². The fourth-order valence-electron chi connectivity index (χ4n) is 2.17. The van der Waals surface area contributed by atoms with E-state index in [9.17, 15) is 0 Å². The van der Waals surface area contributed by atoms with Gasteiger partial charge >= 0.3 is 0 Å². The van der Waals surface area contributed by atoms with Gasteiger partial charge in [-0.1, -0.05) is 18.2 Å². The van der Waals surface area contributed by atoms with E-state index in [4.69, 9.17) is 9.47 Å². The average molecular weight is 249 g/mol. The van der Waals surface area contributed by atoms with E-state index in [0.717, 1.165) is 19.1 Å². The van der Waals surface area contributed by atoms with Gasteiger partial charge in [0.25, 0.3) is 0 Å². The highest BCUT2D eigenvalue weighted by molar-refractivity contribution is 5.51. The van der Waals surface area contributed by atoms with Gasteiger partial charge in [-0.2, -0.15) is 0 Å². The van der Waals surface area contributed by atoms with Gasteiger partial charge in [-0.25, -0.2) is 0 Å². The van der Waals surface area contributed by atoms with Crippen LogP contribution in [0.2, 0.25) is 0 Å². The van der Waals surface area contributed by atoms with E-state index in [1.807, 2.05) is 6.92 Å². The Bertz CT molecular complexity index is 363. The van der Waals surface area contributed by atoms with Crippen molar-refractivity contribution in [3.8, 4) is 0 Å². The minimum Gasteiger partial charge on any atom is -0.383 e. The summed E-state index contributed by atoms with van der Waals surface area (Å²) < 4.78 is 10.8. The molecule has 1 N–H and O–H groups in total. The second kappa shape index (κ2) is 6.76. The molecule has 3 heteroatoms. The summed E-state index contributed by atoms with van der Waals surface area (Å²) in [6.07, 6.45) is 2.63. The predicted octanol–water partition coefficient (Wildman–Crippen LogP) is 3.06. The number of anilines is 1. The molecule has 1 saturated carbocycles. The first-order valence-electron chi connectivity index (χ1n) is 6.76. The first-order chi connectivity index (χ1) is 8.85. The molecule has 1 aliphatic rings. The molecule has 0 bridgehead atoms. The van der Waals surface area contributed by atoms with E-state index in [1.165, 1.54) is 24.1 Å². The number of ether oxygens (including phenoxy) is 2. The van der Waals surface area contributed by atoms with Crippen molar-refractivity contribution in [2.45, 2.75) is 32.4 Å². The summed E-state index contributed by atoms with van der Waals surface area (Å²) in [4.78, 5) is 0. The number of benzene rings is 1. The van der Waals surface area contributed by atoms with E-state index < -0.39 is 0 Å². The predicted molar refractivity (Wildman–Crippen MR) is 73.8 cm³/mol. The second-order valence-electron chi connectivity index (χ2n) is 4.84. The van der Waals surface area contributed by atoms with Crippen LogP contribution in [0.5, 0.6) is 0 Å². The van der Waals surface area contributed by atoms with Crippen molar-refractivity contribution in [2.75, 3.05) is 25.6 Å². The molecule has 0 radical (unpaired) electrons. The Balaban J connectivity index is 2.01. The van der Waals surface area contributed by atoms with Gasteiger partial charge in [0.15, 0.2) is 0 Å². The molecule has 0 amide bonds. The lowest BCUT2D eigenvalue weighted by molar-refractivity contribution is 0.134. The fraction of sp³-hybridized carbons (Fsp3) is 0.600. The molecule has 100 valence electrons. The molecule has 0 heterocycles. The summed E-state index contributed by atoms with van der Waals surface area (Å²) in [5.74, 6) is 0.769. The van der Waals surface area contributed by atoms with Gasteiger partial charge in [-0.3, -0.25) is 0 Å². The number of rotatable bonds is 8. The number of nitrogens with one attached hydrogen (secondary N) is 1. The van der Waals surface area contributed by atoms with E-state index >= 15 is 0 Å². The summed E-state index contributed by atoms with van der Waals surface area (Å²) in [5.41, 5.74) is 2.40. The molecule has 1 aromatic rings. The van der Waals surface area contributed by atoms with Crippen LogP contribution in [0.3, 0.4) is 0 Å². The molecule has 0 saturated heterocycles. The van der Waals surface area contributed by atoms with Crippen molar-refractivity contribution in [2.24, 2.45) is 5.92 Å². The van der Waals surface area contributed by atoms with Gasteiger partial charge in [0, 0.05) is 25.0 Å². The third kappa shape index (κ3) is 3.72. The number of hydrogen-bond acceptors (Lipinski definition) is 3. The Kier molecular flexibility index (Phi) is 5.02. The van der Waals surface area contributed by atoms with Crippen LogP contribution in [0.25, 0.3) is 0 Å². The number of para-hydroxylation sites is 1. The van der Waals surface area contributed by atoms with Crippen LogP contribution in [-0.4, -0.2) is 26.4 Å². The second-order valence-corrected chi connectivity index (χ2v) is 4.84. The summed E-state index contributed by atoms with van der Waals surface area (Å²) >= 11 is 0. The molecule has 1 aromatic carbocycles. The van der Waals surface area contributed by atoms with Crippen LogP contribution < -0.4 is 5.32 Å². The molecule has 0 aromatic heterocycles. The highest BCUT2D eigenvalue weighted by atomic mass is 16.5. The monoisotopic (exact) mass is 249 g/mol. The molecule has 1 aliphatic carbocycles.